The number of rotatable bonds is 19. The molecule has 0 aliphatic carbocycles. The third-order valence-electron chi connectivity index (χ3n) is 4.91. The van der Waals surface area contributed by atoms with Crippen molar-refractivity contribution in [1.82, 2.24) is 0 Å². The predicted octanol–water partition coefficient (Wildman–Crippen LogP) is 7.61. The second kappa shape index (κ2) is 19.5. The fraction of sp³-hybridized carbons (Fsp3) is 0.870. The molecule has 2 heteroatoms. The molecule has 25 heavy (non-hydrogen) atoms. The highest BCUT2D eigenvalue weighted by molar-refractivity contribution is 5.72. The fourth-order valence-corrected chi connectivity index (χ4v) is 3.13. The van der Waals surface area contributed by atoms with E-state index in [4.69, 9.17) is 4.74 Å². The van der Waals surface area contributed by atoms with Gasteiger partial charge in [0, 0.05) is 0 Å². The van der Waals surface area contributed by atoms with Gasteiger partial charge in [-0.3, -0.25) is 4.79 Å². The van der Waals surface area contributed by atoms with Crippen molar-refractivity contribution in [3.8, 4) is 0 Å². The summed E-state index contributed by atoms with van der Waals surface area (Å²) in [4.78, 5) is 11.6. The van der Waals surface area contributed by atoms with Crippen LogP contribution in [-0.4, -0.2) is 12.6 Å². The van der Waals surface area contributed by atoms with Gasteiger partial charge < -0.3 is 4.74 Å². The average molecular weight is 353 g/mol. The summed E-state index contributed by atoms with van der Waals surface area (Å²) in [6.45, 7) is 8.41. The number of ether oxygens (including phenoxy) is 1. The Labute approximate surface area is 157 Å². The van der Waals surface area contributed by atoms with Crippen LogP contribution in [0, 0.1) is 5.92 Å². The summed E-state index contributed by atoms with van der Waals surface area (Å²) in [5.41, 5.74) is 0. The lowest BCUT2D eigenvalue weighted by molar-refractivity contribution is -0.147. The topological polar surface area (TPSA) is 26.3 Å². The molecule has 0 radical (unpaired) electrons. The molecular formula is C23H44O2. The van der Waals surface area contributed by atoms with Crippen LogP contribution in [0.4, 0.5) is 0 Å². The highest BCUT2D eigenvalue weighted by atomic mass is 16.5. The summed E-state index contributed by atoms with van der Waals surface area (Å²) in [6.07, 6.45) is 22.8. The summed E-state index contributed by atoms with van der Waals surface area (Å²) in [5.74, 6) is -0.126. The van der Waals surface area contributed by atoms with Crippen LogP contribution in [0.15, 0.2) is 12.7 Å². The molecule has 0 spiro atoms. The van der Waals surface area contributed by atoms with Crippen LogP contribution in [0.5, 0.6) is 0 Å². The van der Waals surface area contributed by atoms with Gasteiger partial charge in [-0.1, -0.05) is 110 Å². The average Bonchev–Trinajstić information content (AvgIpc) is 2.61. The molecular weight excluding hydrogens is 308 g/mol. The zero-order valence-electron chi connectivity index (χ0n) is 17.2. The molecule has 0 fully saturated rings. The van der Waals surface area contributed by atoms with Gasteiger partial charge in [0.15, 0.2) is 0 Å². The van der Waals surface area contributed by atoms with Crippen molar-refractivity contribution in [3.05, 3.63) is 12.7 Å². The van der Waals surface area contributed by atoms with Crippen LogP contribution in [0.3, 0.4) is 0 Å². The maximum Gasteiger partial charge on any atom is 0.308 e. The maximum absolute atomic E-state index is 11.6. The maximum atomic E-state index is 11.6. The van der Waals surface area contributed by atoms with E-state index in [2.05, 4.69) is 13.5 Å². The molecule has 0 aromatic heterocycles. The van der Waals surface area contributed by atoms with Crippen LogP contribution >= 0.6 is 0 Å². The minimum Gasteiger partial charge on any atom is -0.465 e. The molecule has 2 nitrogen and oxygen atoms in total. The first kappa shape index (κ1) is 24.2. The van der Waals surface area contributed by atoms with Gasteiger partial charge >= 0.3 is 5.97 Å². The van der Waals surface area contributed by atoms with Gasteiger partial charge in [0.05, 0.1) is 12.5 Å². The van der Waals surface area contributed by atoms with Crippen molar-refractivity contribution >= 4 is 5.97 Å². The molecule has 0 aromatic rings. The first-order valence-electron chi connectivity index (χ1n) is 11.0. The van der Waals surface area contributed by atoms with Crippen LogP contribution in [-0.2, 0) is 9.53 Å². The van der Waals surface area contributed by atoms with Crippen LogP contribution in [0.1, 0.15) is 117 Å². The second-order valence-corrected chi connectivity index (χ2v) is 7.54. The molecule has 0 saturated carbocycles. The Kier molecular flexibility index (Phi) is 18.9. The Hall–Kier alpha value is -0.790. The number of hydrogen-bond donors (Lipinski definition) is 0. The largest absolute Gasteiger partial charge is 0.465 e. The molecule has 0 heterocycles. The third kappa shape index (κ3) is 17.8. The Morgan fingerprint density at radius 3 is 1.60 bits per heavy atom. The van der Waals surface area contributed by atoms with Crippen molar-refractivity contribution in [2.75, 3.05) is 6.61 Å². The van der Waals surface area contributed by atoms with Crippen molar-refractivity contribution < 1.29 is 9.53 Å². The zero-order valence-corrected chi connectivity index (χ0v) is 17.2. The van der Waals surface area contributed by atoms with Crippen LogP contribution in [0.25, 0.3) is 0 Å². The molecule has 0 N–H and O–H groups in total. The fourth-order valence-electron chi connectivity index (χ4n) is 3.13. The highest BCUT2D eigenvalue weighted by Gasteiger charge is 2.11. The monoisotopic (exact) mass is 352 g/mol. The summed E-state index contributed by atoms with van der Waals surface area (Å²) < 4.78 is 5.28. The van der Waals surface area contributed by atoms with Gasteiger partial charge in [-0.2, -0.15) is 0 Å². The van der Waals surface area contributed by atoms with Crippen LogP contribution in [0.2, 0.25) is 0 Å². The lowest BCUT2D eigenvalue weighted by Crippen LogP contribution is -2.14. The Morgan fingerprint density at radius 2 is 1.20 bits per heavy atom. The predicted molar refractivity (Wildman–Crippen MR) is 110 cm³/mol. The quantitative estimate of drug-likeness (QED) is 0.136. The van der Waals surface area contributed by atoms with Gasteiger partial charge in [-0.15, -0.1) is 6.58 Å². The lowest BCUT2D eigenvalue weighted by Gasteiger charge is -2.09. The first-order valence-corrected chi connectivity index (χ1v) is 11.0. The van der Waals surface area contributed by atoms with E-state index < -0.39 is 0 Å². The summed E-state index contributed by atoms with van der Waals surface area (Å²) in [6, 6.07) is 0. The molecule has 0 amide bonds. The SMILES string of the molecule is C=CCC(C)C(=O)OCCCCCCCCCCCCCCCCC. The molecule has 0 bridgehead atoms. The van der Waals surface area contributed by atoms with Gasteiger partial charge in [-0.05, 0) is 12.8 Å². The van der Waals surface area contributed by atoms with Crippen molar-refractivity contribution in [2.45, 2.75) is 117 Å². The third-order valence-corrected chi connectivity index (χ3v) is 4.91. The second-order valence-electron chi connectivity index (χ2n) is 7.54. The van der Waals surface area contributed by atoms with Crippen molar-refractivity contribution in [2.24, 2.45) is 5.92 Å². The summed E-state index contributed by atoms with van der Waals surface area (Å²) >= 11 is 0. The highest BCUT2D eigenvalue weighted by Crippen LogP contribution is 2.13. The number of carbonyl (C=O) groups is 1. The Bertz CT molecular complexity index is 298. The minimum atomic E-state index is -0.0785. The normalized spacial score (nSPS) is 12.1. The Balaban J connectivity index is 3.14. The lowest BCUT2D eigenvalue weighted by atomic mass is 10.0. The van der Waals surface area contributed by atoms with Crippen molar-refractivity contribution in [3.63, 3.8) is 0 Å². The smallest absolute Gasteiger partial charge is 0.308 e. The molecule has 0 aromatic carbocycles. The van der Waals surface area contributed by atoms with E-state index in [1.807, 2.05) is 6.92 Å². The summed E-state index contributed by atoms with van der Waals surface area (Å²) in [5, 5.41) is 0. The standard InChI is InChI=1S/C23H44O2/c1-4-6-7-8-9-10-11-12-13-14-15-16-17-18-19-21-25-23(24)22(3)20-5-2/h5,22H,2,4,6-21H2,1,3H3. The molecule has 0 aliphatic rings. The van der Waals surface area contributed by atoms with E-state index in [0.717, 1.165) is 6.42 Å². The summed E-state index contributed by atoms with van der Waals surface area (Å²) in [7, 11) is 0. The van der Waals surface area contributed by atoms with Gasteiger partial charge in [0.25, 0.3) is 0 Å². The van der Waals surface area contributed by atoms with Gasteiger partial charge in [0.2, 0.25) is 0 Å². The molecule has 148 valence electrons. The number of unbranched alkanes of at least 4 members (excludes halogenated alkanes) is 14. The van der Waals surface area contributed by atoms with E-state index in [1.54, 1.807) is 6.08 Å². The number of carbonyl (C=O) groups excluding carboxylic acids is 1. The number of allylic oxidation sites excluding steroid dienone is 1. The molecule has 0 saturated heterocycles. The molecule has 1 unspecified atom stereocenters. The first-order chi connectivity index (χ1) is 12.2. The van der Waals surface area contributed by atoms with E-state index in [1.165, 1.54) is 89.9 Å². The van der Waals surface area contributed by atoms with Gasteiger partial charge in [-0.25, -0.2) is 0 Å². The number of hydrogen-bond acceptors (Lipinski definition) is 2. The minimum absolute atomic E-state index is 0.0474. The van der Waals surface area contributed by atoms with E-state index in [0.29, 0.717) is 13.0 Å². The molecule has 1 atom stereocenters. The molecule has 0 aliphatic heterocycles. The van der Waals surface area contributed by atoms with E-state index >= 15 is 0 Å². The van der Waals surface area contributed by atoms with Crippen molar-refractivity contribution in [1.29, 1.82) is 0 Å². The van der Waals surface area contributed by atoms with Gasteiger partial charge in [0.1, 0.15) is 0 Å². The number of esters is 1. The van der Waals surface area contributed by atoms with E-state index in [9.17, 15) is 4.79 Å². The Morgan fingerprint density at radius 1 is 0.800 bits per heavy atom. The molecule has 0 rings (SSSR count). The van der Waals surface area contributed by atoms with Crippen LogP contribution < -0.4 is 0 Å². The van der Waals surface area contributed by atoms with E-state index in [-0.39, 0.29) is 11.9 Å². The zero-order chi connectivity index (χ0) is 18.6.